The van der Waals surface area contributed by atoms with Crippen LogP contribution in [0.25, 0.3) is 22.3 Å². The first-order chi connectivity index (χ1) is 16.7. The van der Waals surface area contributed by atoms with Crippen LogP contribution in [0.2, 0.25) is 0 Å². The highest BCUT2D eigenvalue weighted by molar-refractivity contribution is 7.08. The van der Waals surface area contributed by atoms with E-state index in [9.17, 15) is 9.59 Å². The predicted molar refractivity (Wildman–Crippen MR) is 143 cm³/mol. The number of rotatable bonds is 7. The second kappa shape index (κ2) is 10.7. The molecule has 35 heavy (non-hydrogen) atoms. The molecule has 2 heterocycles. The Labute approximate surface area is 211 Å². The molecule has 2 amide bonds. The summed E-state index contributed by atoms with van der Waals surface area (Å²) in [6.07, 6.45) is 6.05. The van der Waals surface area contributed by atoms with Crippen LogP contribution in [0.15, 0.2) is 53.4 Å². The van der Waals surface area contributed by atoms with Crippen LogP contribution in [0.5, 0.6) is 0 Å². The Morgan fingerprint density at radius 2 is 1.77 bits per heavy atom. The lowest BCUT2D eigenvalue weighted by atomic mass is 9.84. The Morgan fingerprint density at radius 3 is 2.37 bits per heavy atom. The number of thiophene rings is 1. The number of nitrogens with zero attached hydrogens (tertiary/aromatic N) is 1. The molecule has 1 aliphatic carbocycles. The number of amides is 2. The molecular weight excluding hydrogens is 456 g/mol. The van der Waals surface area contributed by atoms with E-state index in [0.29, 0.717) is 18.2 Å². The zero-order valence-corrected chi connectivity index (χ0v) is 21.5. The average Bonchev–Trinajstić information content (AvgIpc) is 3.34. The van der Waals surface area contributed by atoms with E-state index < -0.39 is 5.54 Å². The Hall–Kier alpha value is -3.03. The maximum Gasteiger partial charge on any atom is 0.225 e. The first-order valence-electron chi connectivity index (χ1n) is 12.2. The predicted octanol–water partition coefficient (Wildman–Crippen LogP) is 5.69. The molecule has 1 aromatic carbocycles. The molecule has 184 valence electrons. The van der Waals surface area contributed by atoms with Gasteiger partial charge in [0.1, 0.15) is 5.82 Å². The van der Waals surface area contributed by atoms with Gasteiger partial charge in [-0.2, -0.15) is 11.3 Å². The summed E-state index contributed by atoms with van der Waals surface area (Å²) in [4.78, 5) is 28.6. The zero-order chi connectivity index (χ0) is 25.0. The molecule has 1 saturated carbocycles. The first-order valence-corrected chi connectivity index (χ1v) is 13.1. The second-order valence-corrected chi connectivity index (χ2v) is 10.9. The summed E-state index contributed by atoms with van der Waals surface area (Å²) in [6.45, 7) is 5.54. The van der Waals surface area contributed by atoms with Crippen molar-refractivity contribution >= 4 is 29.0 Å². The fourth-order valence-electron chi connectivity index (χ4n) is 4.74. The Balaban J connectivity index is 1.47. The third kappa shape index (κ3) is 6.55. The SMILES string of the molecule is CC(=O)N[C@H]1CC[C@H](CC(=O)Nc2cc(-c3ccsc3)c(-c3ccc(C(C)(C)N)cc3)cn2)CC1. The average molecular weight is 491 g/mol. The minimum atomic E-state index is -0.399. The van der Waals surface area contributed by atoms with Crippen LogP contribution in [0, 0.1) is 5.92 Å². The molecule has 0 radical (unpaired) electrons. The van der Waals surface area contributed by atoms with Gasteiger partial charge in [0.2, 0.25) is 11.8 Å². The van der Waals surface area contributed by atoms with Gasteiger partial charge in [0.15, 0.2) is 0 Å². The fourth-order valence-corrected chi connectivity index (χ4v) is 5.40. The monoisotopic (exact) mass is 490 g/mol. The molecule has 6 nitrogen and oxygen atoms in total. The molecule has 0 spiro atoms. The van der Waals surface area contributed by atoms with Gasteiger partial charge in [-0.05, 0) is 90.6 Å². The Kier molecular flexibility index (Phi) is 7.67. The third-order valence-electron chi connectivity index (χ3n) is 6.67. The topological polar surface area (TPSA) is 97.1 Å². The minimum Gasteiger partial charge on any atom is -0.354 e. The Morgan fingerprint density at radius 1 is 1.06 bits per heavy atom. The van der Waals surface area contributed by atoms with Crippen molar-refractivity contribution in [3.63, 3.8) is 0 Å². The highest BCUT2D eigenvalue weighted by atomic mass is 32.1. The van der Waals surface area contributed by atoms with E-state index in [4.69, 9.17) is 5.73 Å². The molecule has 1 fully saturated rings. The van der Waals surface area contributed by atoms with E-state index >= 15 is 0 Å². The number of hydrogen-bond acceptors (Lipinski definition) is 5. The summed E-state index contributed by atoms with van der Waals surface area (Å²) in [5, 5.41) is 10.2. The summed E-state index contributed by atoms with van der Waals surface area (Å²) in [5.74, 6) is 0.896. The van der Waals surface area contributed by atoms with Crippen LogP contribution in [0.1, 0.15) is 58.4 Å². The third-order valence-corrected chi connectivity index (χ3v) is 7.35. The summed E-state index contributed by atoms with van der Waals surface area (Å²) < 4.78 is 0. The molecule has 0 saturated heterocycles. The minimum absolute atomic E-state index is 0.0148. The van der Waals surface area contributed by atoms with Crippen molar-refractivity contribution in [3.8, 4) is 22.3 Å². The van der Waals surface area contributed by atoms with Crippen molar-refractivity contribution < 1.29 is 9.59 Å². The lowest BCUT2D eigenvalue weighted by Gasteiger charge is -2.28. The number of nitrogens with one attached hydrogen (secondary N) is 2. The quantitative estimate of drug-likeness (QED) is 0.396. The van der Waals surface area contributed by atoms with Gasteiger partial charge in [0.25, 0.3) is 0 Å². The molecule has 1 aliphatic rings. The van der Waals surface area contributed by atoms with Crippen molar-refractivity contribution in [2.45, 2.75) is 64.5 Å². The zero-order valence-electron chi connectivity index (χ0n) is 20.6. The Bertz CT molecular complexity index is 1160. The standard InChI is InChI=1S/C28H34N4O2S/c1-18(33)31-23-10-4-19(5-11-23)14-27(34)32-26-15-24(21-12-13-35-17-21)25(16-30-26)20-6-8-22(9-7-20)28(2,3)29/h6-9,12-13,15-17,19,23H,4-5,10-11,14,29H2,1-3H3,(H,31,33)(H,30,32,34)/t19-,23-. The number of aromatic nitrogens is 1. The molecule has 4 rings (SSSR count). The van der Waals surface area contributed by atoms with Crippen molar-refractivity contribution in [1.29, 1.82) is 0 Å². The molecule has 7 heteroatoms. The molecule has 4 N–H and O–H groups in total. The van der Waals surface area contributed by atoms with Gasteiger partial charge in [0, 0.05) is 36.7 Å². The highest BCUT2D eigenvalue weighted by Crippen LogP contribution is 2.35. The van der Waals surface area contributed by atoms with Crippen LogP contribution < -0.4 is 16.4 Å². The largest absolute Gasteiger partial charge is 0.354 e. The van der Waals surface area contributed by atoms with Gasteiger partial charge in [-0.15, -0.1) is 0 Å². The molecule has 3 aromatic rings. The van der Waals surface area contributed by atoms with Gasteiger partial charge in [0.05, 0.1) is 0 Å². The van der Waals surface area contributed by atoms with E-state index in [0.717, 1.165) is 53.5 Å². The van der Waals surface area contributed by atoms with Gasteiger partial charge < -0.3 is 16.4 Å². The lowest BCUT2D eigenvalue weighted by molar-refractivity contribution is -0.120. The molecule has 2 aromatic heterocycles. The van der Waals surface area contributed by atoms with Crippen molar-refractivity contribution in [1.82, 2.24) is 10.3 Å². The van der Waals surface area contributed by atoms with E-state index in [1.165, 1.54) is 0 Å². The van der Waals surface area contributed by atoms with Gasteiger partial charge in [-0.3, -0.25) is 9.59 Å². The van der Waals surface area contributed by atoms with Gasteiger partial charge >= 0.3 is 0 Å². The number of benzene rings is 1. The number of anilines is 1. The van der Waals surface area contributed by atoms with Crippen molar-refractivity contribution in [3.05, 3.63) is 58.9 Å². The summed E-state index contributed by atoms with van der Waals surface area (Å²) in [6, 6.07) is 12.5. The van der Waals surface area contributed by atoms with E-state index in [1.807, 2.05) is 26.1 Å². The maximum absolute atomic E-state index is 12.8. The summed E-state index contributed by atoms with van der Waals surface area (Å²) in [5.41, 5.74) is 11.1. The molecular formula is C28H34N4O2S. The summed E-state index contributed by atoms with van der Waals surface area (Å²) in [7, 11) is 0. The number of pyridine rings is 1. The molecule has 0 aliphatic heterocycles. The van der Waals surface area contributed by atoms with E-state index in [-0.39, 0.29) is 17.9 Å². The smallest absolute Gasteiger partial charge is 0.225 e. The maximum atomic E-state index is 12.8. The highest BCUT2D eigenvalue weighted by Gasteiger charge is 2.24. The van der Waals surface area contributed by atoms with Crippen LogP contribution in [0.3, 0.4) is 0 Å². The molecule has 0 atom stereocenters. The summed E-state index contributed by atoms with van der Waals surface area (Å²) >= 11 is 1.64. The van der Waals surface area contributed by atoms with Gasteiger partial charge in [-0.1, -0.05) is 24.3 Å². The number of carbonyl (C=O) groups excluding carboxylic acids is 2. The molecule has 0 unspecified atom stereocenters. The van der Waals surface area contributed by atoms with Crippen molar-refractivity contribution in [2.75, 3.05) is 5.32 Å². The number of nitrogens with two attached hydrogens (primary N) is 1. The van der Waals surface area contributed by atoms with E-state index in [2.05, 4.69) is 56.7 Å². The van der Waals surface area contributed by atoms with Crippen LogP contribution in [-0.2, 0) is 15.1 Å². The lowest BCUT2D eigenvalue weighted by Crippen LogP contribution is -2.36. The van der Waals surface area contributed by atoms with E-state index in [1.54, 1.807) is 18.3 Å². The van der Waals surface area contributed by atoms with Crippen LogP contribution in [-0.4, -0.2) is 22.8 Å². The van der Waals surface area contributed by atoms with Crippen LogP contribution in [0.4, 0.5) is 5.82 Å². The fraction of sp³-hybridized carbons (Fsp3) is 0.393. The first kappa shape index (κ1) is 25.1. The number of hydrogen-bond donors (Lipinski definition) is 3. The second-order valence-electron chi connectivity index (χ2n) is 10.1. The molecule has 0 bridgehead atoms. The van der Waals surface area contributed by atoms with Gasteiger partial charge in [-0.25, -0.2) is 4.98 Å². The number of carbonyl (C=O) groups is 2. The van der Waals surface area contributed by atoms with Crippen LogP contribution >= 0.6 is 11.3 Å². The normalized spacial score (nSPS) is 18.2. The van der Waals surface area contributed by atoms with Crippen molar-refractivity contribution in [2.24, 2.45) is 11.7 Å².